The molecule has 0 N–H and O–H groups in total. The number of likely N-dealkylation sites (tertiary alicyclic amines) is 1. The van der Waals surface area contributed by atoms with E-state index in [2.05, 4.69) is 51.6 Å². The number of aromatic nitrogens is 4. The molecule has 0 amide bonds. The van der Waals surface area contributed by atoms with Crippen molar-refractivity contribution in [2.75, 3.05) is 26.8 Å². The van der Waals surface area contributed by atoms with Gasteiger partial charge in [0, 0.05) is 7.11 Å². The minimum absolute atomic E-state index is 0.107. The van der Waals surface area contributed by atoms with Crippen LogP contribution in [0.25, 0.3) is 0 Å². The van der Waals surface area contributed by atoms with Gasteiger partial charge in [-0.05, 0) is 47.8 Å². The maximum atomic E-state index is 5.19. The molecule has 1 aliphatic heterocycles. The quantitative estimate of drug-likeness (QED) is 0.817. The van der Waals surface area contributed by atoms with E-state index in [1.807, 2.05) is 10.7 Å². The fourth-order valence-corrected chi connectivity index (χ4v) is 3.19. The van der Waals surface area contributed by atoms with Gasteiger partial charge in [-0.1, -0.05) is 37.3 Å². The summed E-state index contributed by atoms with van der Waals surface area (Å²) in [4.78, 5) is 2.50. The van der Waals surface area contributed by atoms with Gasteiger partial charge in [0.15, 0.2) is 5.82 Å². The predicted molar refractivity (Wildman–Crippen MR) is 87.9 cm³/mol. The largest absolute Gasteiger partial charge is 0.383 e. The van der Waals surface area contributed by atoms with Crippen LogP contribution in [-0.2, 0) is 11.3 Å². The number of piperidine rings is 1. The van der Waals surface area contributed by atoms with Crippen molar-refractivity contribution in [2.45, 2.75) is 32.4 Å². The van der Waals surface area contributed by atoms with Crippen molar-refractivity contribution < 1.29 is 4.74 Å². The standard InChI is InChI=1S/C17H25N5O/c1-14-8-10-21(11-9-14)16(15-6-4-3-5-7-15)17-18-19-20-22(17)12-13-23-2/h3-7,14,16H,8-13H2,1-2H3/t16-/m1/s1. The summed E-state index contributed by atoms with van der Waals surface area (Å²) >= 11 is 0. The number of methoxy groups -OCH3 is 1. The Morgan fingerprint density at radius 1 is 1.22 bits per heavy atom. The Morgan fingerprint density at radius 2 is 1.96 bits per heavy atom. The van der Waals surface area contributed by atoms with Crippen LogP contribution in [0, 0.1) is 5.92 Å². The van der Waals surface area contributed by atoms with E-state index in [0.717, 1.165) is 24.8 Å². The lowest BCUT2D eigenvalue weighted by atomic mass is 9.95. The van der Waals surface area contributed by atoms with Crippen LogP contribution in [0.3, 0.4) is 0 Å². The maximum absolute atomic E-state index is 5.19. The molecule has 2 aromatic rings. The average Bonchev–Trinajstić information content (AvgIpc) is 3.04. The summed E-state index contributed by atoms with van der Waals surface area (Å²) < 4.78 is 7.06. The summed E-state index contributed by atoms with van der Waals surface area (Å²) in [5.74, 6) is 1.70. The number of hydrogen-bond donors (Lipinski definition) is 0. The van der Waals surface area contributed by atoms with E-state index in [1.54, 1.807) is 7.11 Å². The van der Waals surface area contributed by atoms with Gasteiger partial charge in [0.1, 0.15) is 0 Å². The highest BCUT2D eigenvalue weighted by Crippen LogP contribution is 2.30. The van der Waals surface area contributed by atoms with Crippen molar-refractivity contribution in [2.24, 2.45) is 5.92 Å². The molecule has 6 nitrogen and oxygen atoms in total. The highest BCUT2D eigenvalue weighted by atomic mass is 16.5. The van der Waals surface area contributed by atoms with Crippen molar-refractivity contribution in [3.63, 3.8) is 0 Å². The summed E-state index contributed by atoms with van der Waals surface area (Å²) in [5.41, 5.74) is 1.25. The number of rotatable bonds is 6. The van der Waals surface area contributed by atoms with Crippen LogP contribution in [0.2, 0.25) is 0 Å². The summed E-state index contributed by atoms with van der Waals surface area (Å²) in [5, 5.41) is 12.4. The Labute approximate surface area is 137 Å². The van der Waals surface area contributed by atoms with Gasteiger partial charge in [0.25, 0.3) is 0 Å². The number of benzene rings is 1. The highest BCUT2D eigenvalue weighted by molar-refractivity contribution is 5.24. The molecular weight excluding hydrogens is 290 g/mol. The molecule has 1 aliphatic rings. The molecular formula is C17H25N5O. The summed E-state index contributed by atoms with van der Waals surface area (Å²) in [6, 6.07) is 10.6. The van der Waals surface area contributed by atoms with E-state index in [1.165, 1.54) is 18.4 Å². The smallest absolute Gasteiger partial charge is 0.173 e. The first-order valence-electron chi connectivity index (χ1n) is 8.33. The second-order valence-electron chi connectivity index (χ2n) is 6.28. The Hall–Kier alpha value is -1.79. The topological polar surface area (TPSA) is 56.1 Å². The van der Waals surface area contributed by atoms with Gasteiger partial charge in [0.2, 0.25) is 0 Å². The predicted octanol–water partition coefficient (Wildman–Crippen LogP) is 2.14. The first-order chi connectivity index (χ1) is 11.3. The molecule has 6 heteroatoms. The van der Waals surface area contributed by atoms with Crippen LogP contribution in [0.5, 0.6) is 0 Å². The summed E-state index contributed by atoms with van der Waals surface area (Å²) in [6.07, 6.45) is 2.45. The van der Waals surface area contributed by atoms with Crippen LogP contribution in [0.4, 0.5) is 0 Å². The third-order valence-corrected chi connectivity index (χ3v) is 4.61. The van der Waals surface area contributed by atoms with Gasteiger partial charge in [-0.2, -0.15) is 0 Å². The molecule has 0 saturated carbocycles. The van der Waals surface area contributed by atoms with E-state index in [0.29, 0.717) is 13.2 Å². The monoisotopic (exact) mass is 315 g/mol. The van der Waals surface area contributed by atoms with E-state index >= 15 is 0 Å². The summed E-state index contributed by atoms with van der Waals surface area (Å²) in [6.45, 7) is 5.77. The van der Waals surface area contributed by atoms with Crippen LogP contribution >= 0.6 is 0 Å². The van der Waals surface area contributed by atoms with Gasteiger partial charge in [-0.25, -0.2) is 4.68 Å². The number of hydrogen-bond acceptors (Lipinski definition) is 5. The van der Waals surface area contributed by atoms with Crippen molar-refractivity contribution >= 4 is 0 Å². The molecule has 0 spiro atoms. The van der Waals surface area contributed by atoms with Crippen molar-refractivity contribution in [1.82, 2.24) is 25.1 Å². The fraction of sp³-hybridized carbons (Fsp3) is 0.588. The Balaban J connectivity index is 1.91. The zero-order valence-corrected chi connectivity index (χ0v) is 13.9. The second-order valence-corrected chi connectivity index (χ2v) is 6.28. The third kappa shape index (κ3) is 3.76. The van der Waals surface area contributed by atoms with E-state index in [9.17, 15) is 0 Å². The lowest BCUT2D eigenvalue weighted by molar-refractivity contribution is 0.144. The van der Waals surface area contributed by atoms with Crippen molar-refractivity contribution in [1.29, 1.82) is 0 Å². The lowest BCUT2D eigenvalue weighted by Crippen LogP contribution is -2.38. The van der Waals surface area contributed by atoms with Gasteiger partial charge >= 0.3 is 0 Å². The lowest BCUT2D eigenvalue weighted by Gasteiger charge is -2.36. The molecule has 1 saturated heterocycles. The molecule has 1 fully saturated rings. The second kappa shape index (κ2) is 7.66. The van der Waals surface area contributed by atoms with E-state index in [4.69, 9.17) is 4.74 Å². The average molecular weight is 315 g/mol. The van der Waals surface area contributed by atoms with Crippen molar-refractivity contribution in [3.05, 3.63) is 41.7 Å². The molecule has 0 aliphatic carbocycles. The molecule has 1 aromatic heterocycles. The molecule has 3 rings (SSSR count). The van der Waals surface area contributed by atoms with Gasteiger partial charge in [-0.15, -0.1) is 5.10 Å². The first kappa shape index (κ1) is 16.1. The zero-order chi connectivity index (χ0) is 16.1. The highest BCUT2D eigenvalue weighted by Gasteiger charge is 2.30. The number of ether oxygens (including phenoxy) is 1. The molecule has 1 atom stereocenters. The van der Waals surface area contributed by atoms with Crippen LogP contribution in [-0.4, -0.2) is 51.9 Å². The Morgan fingerprint density at radius 3 is 2.65 bits per heavy atom. The van der Waals surface area contributed by atoms with Crippen LogP contribution in [0.15, 0.2) is 30.3 Å². The van der Waals surface area contributed by atoms with E-state index in [-0.39, 0.29) is 6.04 Å². The van der Waals surface area contributed by atoms with Crippen LogP contribution in [0.1, 0.15) is 37.2 Å². The first-order valence-corrected chi connectivity index (χ1v) is 8.33. The number of tetrazole rings is 1. The van der Waals surface area contributed by atoms with E-state index < -0.39 is 0 Å². The molecule has 23 heavy (non-hydrogen) atoms. The van der Waals surface area contributed by atoms with Crippen molar-refractivity contribution in [3.8, 4) is 0 Å². The fourth-order valence-electron chi connectivity index (χ4n) is 3.19. The molecule has 2 heterocycles. The maximum Gasteiger partial charge on any atom is 0.173 e. The minimum atomic E-state index is 0.107. The normalized spacial score (nSPS) is 18.2. The van der Waals surface area contributed by atoms with Gasteiger partial charge in [0.05, 0.1) is 19.2 Å². The molecule has 124 valence electrons. The molecule has 1 aromatic carbocycles. The van der Waals surface area contributed by atoms with Gasteiger partial charge < -0.3 is 4.74 Å². The number of nitrogens with zero attached hydrogens (tertiary/aromatic N) is 5. The molecule has 0 unspecified atom stereocenters. The zero-order valence-electron chi connectivity index (χ0n) is 13.9. The molecule has 0 radical (unpaired) electrons. The Kier molecular flexibility index (Phi) is 5.35. The molecule has 0 bridgehead atoms. The summed E-state index contributed by atoms with van der Waals surface area (Å²) in [7, 11) is 1.70. The third-order valence-electron chi connectivity index (χ3n) is 4.61. The minimum Gasteiger partial charge on any atom is -0.383 e. The van der Waals surface area contributed by atoms with Gasteiger partial charge in [-0.3, -0.25) is 4.90 Å². The Bertz CT molecular complexity index is 592. The SMILES string of the molecule is COCCn1nnnc1[C@@H](c1ccccc1)N1CCC(C)CC1. The van der Waals surface area contributed by atoms with Crippen LogP contribution < -0.4 is 0 Å².